The highest BCUT2D eigenvalue weighted by Crippen LogP contribution is 2.32. The standard InChI is InChI=1S/C23H27FN4O3.C3H7NO2/c1-14-26-18(19-12-21(31-28-19)16-6-4-3-5-7-16)11-20(27-14)23(29)25-13-15-8-9-17(24)22(10-15)30-2;1-2(5)3(4)6/h8-11,16,21H,3-7,12-13H2,1-2H3,(H,25,29);2,5H,1H3,(H2,4,6). The Morgan fingerprint density at radius 3 is 2.59 bits per heavy atom. The number of hydrogen-bond donors (Lipinski definition) is 3. The zero-order valence-corrected chi connectivity index (χ0v) is 21.4. The molecular weight excluding hydrogens is 481 g/mol. The zero-order valence-electron chi connectivity index (χ0n) is 21.4. The second kappa shape index (κ2) is 13.1. The maximum absolute atomic E-state index is 13.6. The SMILES string of the molecule is CC(O)C(N)=O.COc1cc(CNC(=O)c2cc(C3=NOC(C4CCCCC4)C3)nc(C)n2)ccc1F. The minimum absolute atomic E-state index is 0.0938. The van der Waals surface area contributed by atoms with Gasteiger partial charge in [0.05, 0.1) is 12.8 Å². The Kier molecular flexibility index (Phi) is 9.90. The molecule has 2 atom stereocenters. The number of oxime groups is 1. The van der Waals surface area contributed by atoms with Crippen molar-refractivity contribution < 1.29 is 28.7 Å². The van der Waals surface area contributed by atoms with Gasteiger partial charge in [0, 0.05) is 13.0 Å². The average Bonchev–Trinajstić information content (AvgIpc) is 3.39. The van der Waals surface area contributed by atoms with Crippen LogP contribution in [0.2, 0.25) is 0 Å². The van der Waals surface area contributed by atoms with E-state index in [1.54, 1.807) is 25.1 Å². The van der Waals surface area contributed by atoms with Gasteiger partial charge in [0.2, 0.25) is 5.91 Å². The third-order valence-corrected chi connectivity index (χ3v) is 6.32. The maximum Gasteiger partial charge on any atom is 0.270 e. The summed E-state index contributed by atoms with van der Waals surface area (Å²) in [5.41, 5.74) is 6.92. The van der Waals surface area contributed by atoms with Crippen LogP contribution in [0.4, 0.5) is 4.39 Å². The smallest absolute Gasteiger partial charge is 0.270 e. The van der Waals surface area contributed by atoms with Gasteiger partial charge in [-0.05, 0) is 56.4 Å². The fourth-order valence-electron chi connectivity index (χ4n) is 4.23. The molecule has 1 aromatic heterocycles. The molecule has 1 aliphatic heterocycles. The molecule has 0 saturated heterocycles. The van der Waals surface area contributed by atoms with Gasteiger partial charge in [-0.2, -0.15) is 0 Å². The normalized spacial score (nSPS) is 18.1. The number of aromatic nitrogens is 2. The van der Waals surface area contributed by atoms with Crippen LogP contribution in [-0.4, -0.2) is 51.9 Å². The summed E-state index contributed by atoms with van der Waals surface area (Å²) < 4.78 is 18.6. The van der Waals surface area contributed by atoms with Crippen molar-refractivity contribution in [3.8, 4) is 5.75 Å². The fraction of sp³-hybridized carbons (Fsp3) is 0.500. The first kappa shape index (κ1) is 28.0. The number of benzene rings is 1. The predicted molar refractivity (Wildman–Crippen MR) is 134 cm³/mol. The molecule has 2 heterocycles. The summed E-state index contributed by atoms with van der Waals surface area (Å²) in [4.78, 5) is 36.8. The van der Waals surface area contributed by atoms with Crippen LogP contribution >= 0.6 is 0 Å². The second-order valence-electron chi connectivity index (χ2n) is 9.20. The first-order valence-corrected chi connectivity index (χ1v) is 12.3. The zero-order chi connectivity index (χ0) is 26.9. The van der Waals surface area contributed by atoms with Crippen molar-refractivity contribution in [2.75, 3.05) is 7.11 Å². The number of nitrogens with zero attached hydrogens (tertiary/aromatic N) is 3. The molecule has 200 valence electrons. The predicted octanol–water partition coefficient (Wildman–Crippen LogP) is 2.79. The molecule has 2 amide bonds. The van der Waals surface area contributed by atoms with E-state index < -0.39 is 17.8 Å². The van der Waals surface area contributed by atoms with E-state index in [4.69, 9.17) is 14.7 Å². The summed E-state index contributed by atoms with van der Waals surface area (Å²) in [6, 6.07) is 6.13. The molecular formula is C26H34FN5O5. The summed E-state index contributed by atoms with van der Waals surface area (Å²) in [7, 11) is 1.40. The molecule has 1 aromatic carbocycles. The summed E-state index contributed by atoms with van der Waals surface area (Å²) in [5.74, 6) is -0.296. The lowest BCUT2D eigenvalue weighted by Crippen LogP contribution is -2.25. The largest absolute Gasteiger partial charge is 0.494 e. The first-order valence-electron chi connectivity index (χ1n) is 12.3. The molecule has 4 N–H and O–H groups in total. The quantitative estimate of drug-likeness (QED) is 0.513. The van der Waals surface area contributed by atoms with Gasteiger partial charge in [0.25, 0.3) is 5.91 Å². The number of primary amides is 1. The van der Waals surface area contributed by atoms with Crippen LogP contribution in [-0.2, 0) is 16.2 Å². The van der Waals surface area contributed by atoms with Crippen molar-refractivity contribution in [2.45, 2.75) is 71.1 Å². The number of aryl methyl sites for hydroxylation is 1. The molecule has 11 heteroatoms. The van der Waals surface area contributed by atoms with Crippen LogP contribution in [0.15, 0.2) is 29.4 Å². The van der Waals surface area contributed by atoms with E-state index in [0.717, 1.165) is 11.3 Å². The van der Waals surface area contributed by atoms with E-state index in [0.29, 0.717) is 23.9 Å². The first-order chi connectivity index (χ1) is 17.7. The highest BCUT2D eigenvalue weighted by molar-refractivity contribution is 6.01. The van der Waals surface area contributed by atoms with E-state index in [-0.39, 0.29) is 30.0 Å². The Balaban J connectivity index is 0.000000568. The number of carbonyl (C=O) groups is 2. The number of aliphatic hydroxyl groups excluding tert-OH is 1. The Bertz CT molecular complexity index is 1130. The molecule has 2 aromatic rings. The van der Waals surface area contributed by atoms with Crippen LogP contribution in [0.3, 0.4) is 0 Å². The summed E-state index contributed by atoms with van der Waals surface area (Å²) in [5, 5.41) is 15.2. The number of carbonyl (C=O) groups excluding carboxylic acids is 2. The molecule has 0 spiro atoms. The number of amides is 2. The summed E-state index contributed by atoms with van der Waals surface area (Å²) in [6.45, 7) is 3.30. The van der Waals surface area contributed by atoms with Crippen molar-refractivity contribution in [3.05, 3.63) is 52.9 Å². The van der Waals surface area contributed by atoms with E-state index in [2.05, 4.69) is 26.2 Å². The Labute approximate surface area is 215 Å². The second-order valence-corrected chi connectivity index (χ2v) is 9.20. The van der Waals surface area contributed by atoms with E-state index >= 15 is 0 Å². The number of ether oxygens (including phenoxy) is 1. The van der Waals surface area contributed by atoms with E-state index in [1.807, 2.05) is 0 Å². The molecule has 37 heavy (non-hydrogen) atoms. The number of aliphatic hydroxyl groups is 1. The molecule has 10 nitrogen and oxygen atoms in total. The van der Waals surface area contributed by atoms with E-state index in [9.17, 15) is 14.0 Å². The van der Waals surface area contributed by atoms with Crippen molar-refractivity contribution in [3.63, 3.8) is 0 Å². The lowest BCUT2D eigenvalue weighted by Gasteiger charge is -2.25. The van der Waals surface area contributed by atoms with Gasteiger partial charge in [0.1, 0.15) is 29.4 Å². The number of halogens is 1. The van der Waals surface area contributed by atoms with Gasteiger partial charge >= 0.3 is 0 Å². The van der Waals surface area contributed by atoms with Crippen molar-refractivity contribution >= 4 is 17.5 Å². The van der Waals surface area contributed by atoms with Crippen molar-refractivity contribution in [1.82, 2.24) is 15.3 Å². The lowest BCUT2D eigenvalue weighted by atomic mass is 9.83. The molecule has 1 fully saturated rings. The fourth-order valence-corrected chi connectivity index (χ4v) is 4.23. The third kappa shape index (κ3) is 7.94. The minimum atomic E-state index is -1.01. The summed E-state index contributed by atoms with van der Waals surface area (Å²) >= 11 is 0. The highest BCUT2D eigenvalue weighted by Gasteiger charge is 2.32. The molecule has 4 rings (SSSR count). The van der Waals surface area contributed by atoms with Crippen LogP contribution in [0.1, 0.15) is 73.0 Å². The molecule has 0 bridgehead atoms. The topological polar surface area (TPSA) is 149 Å². The van der Waals surface area contributed by atoms with Gasteiger partial charge in [-0.1, -0.05) is 30.5 Å². The van der Waals surface area contributed by atoms with Gasteiger partial charge in [-0.15, -0.1) is 0 Å². The molecule has 0 radical (unpaired) electrons. The van der Waals surface area contributed by atoms with Gasteiger partial charge in [-0.3, -0.25) is 9.59 Å². The minimum Gasteiger partial charge on any atom is -0.494 e. The van der Waals surface area contributed by atoms with Crippen LogP contribution in [0, 0.1) is 18.7 Å². The molecule has 2 unspecified atom stereocenters. The molecule has 2 aliphatic rings. The summed E-state index contributed by atoms with van der Waals surface area (Å²) in [6.07, 6.45) is 5.94. The third-order valence-electron chi connectivity index (χ3n) is 6.32. The molecule has 1 saturated carbocycles. The number of hydrogen-bond acceptors (Lipinski definition) is 8. The lowest BCUT2D eigenvalue weighted by molar-refractivity contribution is -0.125. The number of nitrogens with two attached hydrogens (primary N) is 1. The van der Waals surface area contributed by atoms with Crippen molar-refractivity contribution in [2.24, 2.45) is 16.8 Å². The Morgan fingerprint density at radius 2 is 1.95 bits per heavy atom. The Hall–Kier alpha value is -3.60. The average molecular weight is 516 g/mol. The Morgan fingerprint density at radius 1 is 1.24 bits per heavy atom. The highest BCUT2D eigenvalue weighted by atomic mass is 19.1. The maximum atomic E-state index is 13.6. The van der Waals surface area contributed by atoms with Crippen LogP contribution < -0.4 is 15.8 Å². The number of rotatable bonds is 7. The monoisotopic (exact) mass is 515 g/mol. The molecule has 1 aliphatic carbocycles. The number of nitrogens with one attached hydrogen (secondary N) is 1. The van der Waals surface area contributed by atoms with Gasteiger partial charge in [0.15, 0.2) is 11.6 Å². The van der Waals surface area contributed by atoms with Crippen LogP contribution in [0.25, 0.3) is 0 Å². The van der Waals surface area contributed by atoms with Crippen molar-refractivity contribution in [1.29, 1.82) is 0 Å². The van der Waals surface area contributed by atoms with Gasteiger partial charge in [-0.25, -0.2) is 14.4 Å². The van der Waals surface area contributed by atoms with E-state index in [1.165, 1.54) is 52.2 Å². The number of methoxy groups -OCH3 is 1. The van der Waals surface area contributed by atoms with Gasteiger partial charge < -0.3 is 25.7 Å². The van der Waals surface area contributed by atoms with Crippen LogP contribution in [0.5, 0.6) is 5.75 Å².